The highest BCUT2D eigenvalue weighted by atomic mass is 79.9. The smallest absolute Gasteiger partial charge is 0.0471 e. The van der Waals surface area contributed by atoms with E-state index in [1.807, 2.05) is 0 Å². The maximum absolute atomic E-state index is 5.42. The van der Waals surface area contributed by atoms with Crippen molar-refractivity contribution in [3.05, 3.63) is 33.8 Å². The van der Waals surface area contributed by atoms with Crippen LogP contribution in [0.1, 0.15) is 48.6 Å². The van der Waals surface area contributed by atoms with Crippen molar-refractivity contribution in [3.8, 4) is 0 Å². The number of rotatable bonds is 2. The van der Waals surface area contributed by atoms with Crippen LogP contribution in [0.15, 0.2) is 22.7 Å². The van der Waals surface area contributed by atoms with Crippen LogP contribution in [-0.2, 0) is 4.74 Å². The number of benzene rings is 1. The Morgan fingerprint density at radius 2 is 1.75 bits per heavy atom. The summed E-state index contributed by atoms with van der Waals surface area (Å²) in [5, 5.41) is 0. The summed E-state index contributed by atoms with van der Waals surface area (Å²) in [5.41, 5.74) is 3.00. The molecule has 0 aromatic heterocycles. The second kappa shape index (κ2) is 4.50. The normalized spacial score (nSPS) is 22.3. The number of hydrogen-bond donors (Lipinski definition) is 0. The molecule has 1 aromatic rings. The molecule has 0 bridgehead atoms. The van der Waals surface area contributed by atoms with E-state index in [0.29, 0.717) is 5.92 Å². The van der Waals surface area contributed by atoms with Gasteiger partial charge in [0.15, 0.2) is 0 Å². The Bertz CT molecular complexity index is 378. The van der Waals surface area contributed by atoms with Gasteiger partial charge in [-0.1, -0.05) is 28.1 Å². The van der Waals surface area contributed by atoms with Crippen LogP contribution in [0.25, 0.3) is 0 Å². The van der Waals surface area contributed by atoms with Gasteiger partial charge < -0.3 is 4.74 Å². The van der Waals surface area contributed by atoms with Crippen LogP contribution in [0.2, 0.25) is 0 Å². The van der Waals surface area contributed by atoms with Crippen LogP contribution in [-0.4, -0.2) is 13.2 Å². The summed E-state index contributed by atoms with van der Waals surface area (Å²) in [5.74, 6) is 1.54. The minimum absolute atomic E-state index is 0.691. The first-order valence-corrected chi connectivity index (χ1v) is 7.01. The third-order valence-electron chi connectivity index (χ3n) is 3.73. The maximum atomic E-state index is 5.42. The SMILES string of the molecule is Brc1cc(C2CC2)ccc1C1CCOCC1. The first-order valence-electron chi connectivity index (χ1n) is 6.21. The fourth-order valence-corrected chi connectivity index (χ4v) is 3.27. The van der Waals surface area contributed by atoms with E-state index in [9.17, 15) is 0 Å². The highest BCUT2D eigenvalue weighted by Gasteiger charge is 2.25. The second-order valence-corrected chi connectivity index (χ2v) is 5.80. The van der Waals surface area contributed by atoms with E-state index < -0.39 is 0 Å². The van der Waals surface area contributed by atoms with Gasteiger partial charge in [0.1, 0.15) is 0 Å². The largest absolute Gasteiger partial charge is 0.381 e. The van der Waals surface area contributed by atoms with Gasteiger partial charge in [-0.25, -0.2) is 0 Å². The Morgan fingerprint density at radius 3 is 2.38 bits per heavy atom. The van der Waals surface area contributed by atoms with Crippen molar-refractivity contribution in [2.24, 2.45) is 0 Å². The monoisotopic (exact) mass is 280 g/mol. The number of hydrogen-bond acceptors (Lipinski definition) is 1. The Morgan fingerprint density at radius 1 is 1.00 bits per heavy atom. The van der Waals surface area contributed by atoms with Crippen molar-refractivity contribution in [1.29, 1.82) is 0 Å². The van der Waals surface area contributed by atoms with Crippen molar-refractivity contribution in [2.45, 2.75) is 37.5 Å². The topological polar surface area (TPSA) is 9.23 Å². The third-order valence-corrected chi connectivity index (χ3v) is 4.42. The summed E-state index contributed by atoms with van der Waals surface area (Å²) in [6.07, 6.45) is 5.09. The quantitative estimate of drug-likeness (QED) is 0.788. The van der Waals surface area contributed by atoms with Crippen molar-refractivity contribution < 1.29 is 4.74 Å². The predicted molar refractivity (Wildman–Crippen MR) is 68.9 cm³/mol. The summed E-state index contributed by atoms with van der Waals surface area (Å²) < 4.78 is 6.73. The molecule has 0 radical (unpaired) electrons. The molecule has 2 aliphatic rings. The van der Waals surface area contributed by atoms with Gasteiger partial charge in [0.05, 0.1) is 0 Å². The summed E-state index contributed by atoms with van der Waals surface area (Å²) >= 11 is 3.74. The molecule has 1 aromatic carbocycles. The van der Waals surface area contributed by atoms with Gasteiger partial charge in [0.2, 0.25) is 0 Å². The van der Waals surface area contributed by atoms with Gasteiger partial charge in [0, 0.05) is 17.7 Å². The Kier molecular flexibility index (Phi) is 3.03. The van der Waals surface area contributed by atoms with Crippen molar-refractivity contribution in [3.63, 3.8) is 0 Å². The highest BCUT2D eigenvalue weighted by Crippen LogP contribution is 2.42. The zero-order valence-electron chi connectivity index (χ0n) is 9.42. The molecule has 86 valence electrons. The van der Waals surface area contributed by atoms with Crippen molar-refractivity contribution in [2.75, 3.05) is 13.2 Å². The lowest BCUT2D eigenvalue weighted by Gasteiger charge is -2.23. The number of ether oxygens (including phenoxy) is 1. The van der Waals surface area contributed by atoms with E-state index in [1.165, 1.54) is 41.3 Å². The maximum Gasteiger partial charge on any atom is 0.0471 e. The lowest BCUT2D eigenvalue weighted by molar-refractivity contribution is 0.0852. The molecule has 1 aliphatic heterocycles. The Hall–Kier alpha value is -0.340. The highest BCUT2D eigenvalue weighted by molar-refractivity contribution is 9.10. The van der Waals surface area contributed by atoms with E-state index in [2.05, 4.69) is 34.1 Å². The summed E-state index contributed by atoms with van der Waals surface area (Å²) in [4.78, 5) is 0. The second-order valence-electron chi connectivity index (χ2n) is 4.94. The van der Waals surface area contributed by atoms with Crippen LogP contribution in [0, 0.1) is 0 Å². The molecule has 0 atom stereocenters. The van der Waals surface area contributed by atoms with Crippen LogP contribution >= 0.6 is 15.9 Å². The summed E-state index contributed by atoms with van der Waals surface area (Å²) in [6, 6.07) is 6.99. The molecule has 2 heteroatoms. The minimum atomic E-state index is 0.691. The van der Waals surface area contributed by atoms with E-state index >= 15 is 0 Å². The molecule has 1 heterocycles. The van der Waals surface area contributed by atoms with E-state index in [4.69, 9.17) is 4.74 Å². The molecule has 3 rings (SSSR count). The standard InChI is InChI=1S/C14H17BrO/c15-14-9-12(10-1-2-10)3-4-13(14)11-5-7-16-8-6-11/h3-4,9-11H,1-2,5-8H2. The van der Waals surface area contributed by atoms with Crippen LogP contribution < -0.4 is 0 Å². The van der Waals surface area contributed by atoms with Gasteiger partial charge in [-0.2, -0.15) is 0 Å². The zero-order valence-corrected chi connectivity index (χ0v) is 11.0. The molecular weight excluding hydrogens is 264 g/mol. The van der Waals surface area contributed by atoms with Crippen LogP contribution in [0.3, 0.4) is 0 Å². The fourth-order valence-electron chi connectivity index (χ4n) is 2.55. The molecule has 1 aliphatic carbocycles. The molecule has 1 saturated heterocycles. The van der Waals surface area contributed by atoms with E-state index in [-0.39, 0.29) is 0 Å². The Labute approximate surface area is 105 Å². The van der Waals surface area contributed by atoms with Crippen molar-refractivity contribution >= 4 is 15.9 Å². The first-order chi connectivity index (χ1) is 7.84. The van der Waals surface area contributed by atoms with Gasteiger partial charge in [0.25, 0.3) is 0 Å². The van der Waals surface area contributed by atoms with Gasteiger partial charge >= 0.3 is 0 Å². The lowest BCUT2D eigenvalue weighted by Crippen LogP contribution is -2.14. The number of halogens is 1. The lowest BCUT2D eigenvalue weighted by atomic mass is 9.91. The van der Waals surface area contributed by atoms with E-state index in [1.54, 1.807) is 0 Å². The molecule has 16 heavy (non-hydrogen) atoms. The average molecular weight is 281 g/mol. The molecule has 0 spiro atoms. The van der Waals surface area contributed by atoms with Crippen LogP contribution in [0.5, 0.6) is 0 Å². The van der Waals surface area contributed by atoms with Crippen LogP contribution in [0.4, 0.5) is 0 Å². The third kappa shape index (κ3) is 2.18. The first kappa shape index (κ1) is 10.8. The Balaban J connectivity index is 1.83. The van der Waals surface area contributed by atoms with Gasteiger partial charge in [-0.15, -0.1) is 0 Å². The zero-order chi connectivity index (χ0) is 11.0. The van der Waals surface area contributed by atoms with E-state index in [0.717, 1.165) is 19.1 Å². The minimum Gasteiger partial charge on any atom is -0.381 e. The fraction of sp³-hybridized carbons (Fsp3) is 0.571. The predicted octanol–water partition coefficient (Wildman–Crippen LogP) is 4.22. The molecular formula is C14H17BrO. The van der Waals surface area contributed by atoms with Gasteiger partial charge in [-0.3, -0.25) is 0 Å². The molecule has 1 saturated carbocycles. The molecule has 2 fully saturated rings. The van der Waals surface area contributed by atoms with Crippen molar-refractivity contribution in [1.82, 2.24) is 0 Å². The summed E-state index contributed by atoms with van der Waals surface area (Å²) in [7, 11) is 0. The molecule has 0 unspecified atom stereocenters. The average Bonchev–Trinajstić information content (AvgIpc) is 3.14. The summed E-state index contributed by atoms with van der Waals surface area (Å²) in [6.45, 7) is 1.84. The molecule has 0 N–H and O–H groups in total. The molecule has 0 amide bonds. The van der Waals surface area contributed by atoms with Gasteiger partial charge in [-0.05, 0) is 54.7 Å². The molecule has 1 nitrogen and oxygen atoms in total.